The minimum Gasteiger partial charge on any atom is -0.497 e. The second kappa shape index (κ2) is 15.5. The van der Waals surface area contributed by atoms with Crippen LogP contribution < -0.4 is 15.4 Å². The average Bonchev–Trinajstić information content (AvgIpc) is 2.58. The Morgan fingerprint density at radius 3 is 2.42 bits per heavy atom. The second-order valence-corrected chi connectivity index (χ2v) is 4.89. The first-order valence-electron chi connectivity index (χ1n) is 8.02. The van der Waals surface area contributed by atoms with Gasteiger partial charge in [-0.15, -0.1) is 24.0 Å². The van der Waals surface area contributed by atoms with E-state index in [0.29, 0.717) is 26.4 Å². The van der Waals surface area contributed by atoms with Gasteiger partial charge in [0.1, 0.15) is 5.75 Å². The zero-order chi connectivity index (χ0) is 16.8. The standard InChI is InChI=1S/C17H29N3O3.HI/c1-4-18-17(20-11-12-23-14-13-21-2)19-10-9-15-5-7-16(22-3)8-6-15;/h5-8H,4,9-14H2,1-3H3,(H2,18,19,20);1H. The number of benzene rings is 1. The average molecular weight is 451 g/mol. The van der Waals surface area contributed by atoms with Gasteiger partial charge in [-0.25, -0.2) is 0 Å². The van der Waals surface area contributed by atoms with Crippen molar-refractivity contribution in [1.29, 1.82) is 0 Å². The molecule has 2 N–H and O–H groups in total. The molecule has 0 spiro atoms. The van der Waals surface area contributed by atoms with Crippen LogP contribution in [0.3, 0.4) is 0 Å². The molecule has 0 atom stereocenters. The number of nitrogens with zero attached hydrogens (tertiary/aromatic N) is 1. The van der Waals surface area contributed by atoms with Crippen molar-refractivity contribution in [3.05, 3.63) is 29.8 Å². The van der Waals surface area contributed by atoms with Gasteiger partial charge >= 0.3 is 0 Å². The number of hydrogen-bond donors (Lipinski definition) is 2. The molecule has 0 aliphatic rings. The summed E-state index contributed by atoms with van der Waals surface area (Å²) in [5.41, 5.74) is 1.26. The lowest BCUT2D eigenvalue weighted by Gasteiger charge is -2.11. The van der Waals surface area contributed by atoms with Crippen LogP contribution in [0.4, 0.5) is 0 Å². The van der Waals surface area contributed by atoms with Gasteiger partial charge in [-0.3, -0.25) is 4.99 Å². The summed E-state index contributed by atoms with van der Waals surface area (Å²) in [6, 6.07) is 8.11. The van der Waals surface area contributed by atoms with Crippen molar-refractivity contribution in [2.45, 2.75) is 13.3 Å². The third-order valence-electron chi connectivity index (χ3n) is 3.15. The fourth-order valence-corrected chi connectivity index (χ4v) is 1.93. The zero-order valence-electron chi connectivity index (χ0n) is 14.8. The van der Waals surface area contributed by atoms with Crippen molar-refractivity contribution in [3.63, 3.8) is 0 Å². The number of rotatable bonds is 11. The molecule has 0 amide bonds. The Kier molecular flexibility index (Phi) is 14.8. The smallest absolute Gasteiger partial charge is 0.191 e. The molecule has 1 aromatic rings. The van der Waals surface area contributed by atoms with Gasteiger partial charge in [0.05, 0.1) is 33.5 Å². The Hall–Kier alpha value is -1.06. The first-order valence-corrected chi connectivity index (χ1v) is 8.02. The summed E-state index contributed by atoms with van der Waals surface area (Å²) in [6.07, 6.45) is 0.929. The van der Waals surface area contributed by atoms with Crippen molar-refractivity contribution in [3.8, 4) is 5.75 Å². The van der Waals surface area contributed by atoms with Gasteiger partial charge in [0.15, 0.2) is 5.96 Å². The van der Waals surface area contributed by atoms with E-state index in [1.807, 2.05) is 12.1 Å². The van der Waals surface area contributed by atoms with E-state index in [0.717, 1.165) is 31.2 Å². The number of guanidine groups is 1. The summed E-state index contributed by atoms with van der Waals surface area (Å²) in [7, 11) is 3.34. The van der Waals surface area contributed by atoms with Crippen molar-refractivity contribution in [1.82, 2.24) is 10.6 Å². The fraction of sp³-hybridized carbons (Fsp3) is 0.588. The normalized spacial score (nSPS) is 10.9. The molecular weight excluding hydrogens is 421 g/mol. The Balaban J connectivity index is 0.00000529. The lowest BCUT2D eigenvalue weighted by molar-refractivity contribution is 0.0748. The summed E-state index contributed by atoms with van der Waals surface area (Å²) >= 11 is 0. The maximum Gasteiger partial charge on any atom is 0.191 e. The van der Waals surface area contributed by atoms with Crippen LogP contribution in [-0.2, 0) is 15.9 Å². The molecule has 0 heterocycles. The minimum atomic E-state index is 0. The number of aliphatic imine (C=N–C) groups is 1. The zero-order valence-corrected chi connectivity index (χ0v) is 17.2. The van der Waals surface area contributed by atoms with E-state index >= 15 is 0 Å². The molecule has 0 aromatic heterocycles. The Bertz CT molecular complexity index is 441. The van der Waals surface area contributed by atoms with E-state index < -0.39 is 0 Å². The molecule has 24 heavy (non-hydrogen) atoms. The summed E-state index contributed by atoms with van der Waals surface area (Å²) in [4.78, 5) is 4.48. The van der Waals surface area contributed by atoms with E-state index in [1.54, 1.807) is 14.2 Å². The van der Waals surface area contributed by atoms with Gasteiger partial charge in [-0.05, 0) is 31.0 Å². The van der Waals surface area contributed by atoms with Crippen LogP contribution in [0, 0.1) is 0 Å². The maximum atomic E-state index is 5.40. The molecule has 0 radical (unpaired) electrons. The Morgan fingerprint density at radius 1 is 1.04 bits per heavy atom. The molecule has 0 bridgehead atoms. The number of halogens is 1. The first-order chi connectivity index (χ1) is 11.3. The molecule has 0 unspecified atom stereocenters. The topological polar surface area (TPSA) is 64.1 Å². The molecule has 0 aliphatic heterocycles. The molecule has 0 saturated heterocycles. The van der Waals surface area contributed by atoms with Gasteiger partial charge < -0.3 is 24.8 Å². The van der Waals surface area contributed by atoms with Crippen LogP contribution >= 0.6 is 24.0 Å². The maximum absolute atomic E-state index is 5.40. The van der Waals surface area contributed by atoms with E-state index in [4.69, 9.17) is 14.2 Å². The van der Waals surface area contributed by atoms with E-state index in [-0.39, 0.29) is 24.0 Å². The minimum absolute atomic E-state index is 0. The Labute approximate surface area is 162 Å². The van der Waals surface area contributed by atoms with Gasteiger partial charge in [-0.1, -0.05) is 12.1 Å². The predicted octanol–water partition coefficient (Wildman–Crippen LogP) is 2.07. The molecule has 1 rings (SSSR count). The lowest BCUT2D eigenvalue weighted by Crippen LogP contribution is -2.38. The van der Waals surface area contributed by atoms with Gasteiger partial charge in [-0.2, -0.15) is 0 Å². The van der Waals surface area contributed by atoms with Crippen LogP contribution in [0.2, 0.25) is 0 Å². The highest BCUT2D eigenvalue weighted by Crippen LogP contribution is 2.11. The molecule has 138 valence electrons. The van der Waals surface area contributed by atoms with Crippen molar-refractivity contribution >= 4 is 29.9 Å². The predicted molar refractivity (Wildman–Crippen MR) is 109 cm³/mol. The molecule has 7 heteroatoms. The quantitative estimate of drug-likeness (QED) is 0.234. The fourth-order valence-electron chi connectivity index (χ4n) is 1.93. The molecule has 0 aliphatic carbocycles. The molecule has 0 fully saturated rings. The van der Waals surface area contributed by atoms with Crippen molar-refractivity contribution in [2.24, 2.45) is 4.99 Å². The van der Waals surface area contributed by atoms with E-state index in [1.165, 1.54) is 5.56 Å². The summed E-state index contributed by atoms with van der Waals surface area (Å²) in [5, 5.41) is 6.56. The highest BCUT2D eigenvalue weighted by Gasteiger charge is 1.98. The molecule has 1 aromatic carbocycles. The summed E-state index contributed by atoms with van der Waals surface area (Å²) in [5.74, 6) is 1.70. The summed E-state index contributed by atoms with van der Waals surface area (Å²) in [6.45, 7) is 6.15. The number of hydrogen-bond acceptors (Lipinski definition) is 4. The Morgan fingerprint density at radius 2 is 1.79 bits per heavy atom. The summed E-state index contributed by atoms with van der Waals surface area (Å²) < 4.78 is 15.5. The van der Waals surface area contributed by atoms with Gasteiger partial charge in [0.25, 0.3) is 0 Å². The second-order valence-electron chi connectivity index (χ2n) is 4.89. The highest BCUT2D eigenvalue weighted by atomic mass is 127. The van der Waals surface area contributed by atoms with Crippen LogP contribution in [-0.4, -0.2) is 59.6 Å². The first kappa shape index (κ1) is 22.9. The lowest BCUT2D eigenvalue weighted by atomic mass is 10.1. The monoisotopic (exact) mass is 451 g/mol. The van der Waals surface area contributed by atoms with Crippen molar-refractivity contribution in [2.75, 3.05) is 53.7 Å². The molecule has 0 saturated carbocycles. The van der Waals surface area contributed by atoms with Crippen molar-refractivity contribution < 1.29 is 14.2 Å². The van der Waals surface area contributed by atoms with Crippen LogP contribution in [0.25, 0.3) is 0 Å². The molecule has 6 nitrogen and oxygen atoms in total. The molecular formula is C17H30IN3O3. The van der Waals surface area contributed by atoms with E-state index in [9.17, 15) is 0 Å². The third kappa shape index (κ3) is 10.7. The number of nitrogens with one attached hydrogen (secondary N) is 2. The number of methoxy groups -OCH3 is 2. The van der Waals surface area contributed by atoms with Crippen LogP contribution in [0.15, 0.2) is 29.3 Å². The largest absolute Gasteiger partial charge is 0.497 e. The SMILES string of the molecule is CCNC(=NCCOCCOC)NCCc1ccc(OC)cc1.I. The third-order valence-corrected chi connectivity index (χ3v) is 3.15. The van der Waals surface area contributed by atoms with Crippen LogP contribution in [0.1, 0.15) is 12.5 Å². The van der Waals surface area contributed by atoms with Crippen LogP contribution in [0.5, 0.6) is 5.75 Å². The highest BCUT2D eigenvalue weighted by molar-refractivity contribution is 14.0. The van der Waals surface area contributed by atoms with Gasteiger partial charge in [0, 0.05) is 20.2 Å². The number of ether oxygens (including phenoxy) is 3. The van der Waals surface area contributed by atoms with E-state index in [2.05, 4.69) is 34.7 Å². The van der Waals surface area contributed by atoms with Gasteiger partial charge in [0.2, 0.25) is 0 Å².